The van der Waals surface area contributed by atoms with E-state index in [0.29, 0.717) is 0 Å². The minimum Gasteiger partial charge on any atom is -0.296 e. The van der Waals surface area contributed by atoms with Crippen molar-refractivity contribution in [2.75, 3.05) is 7.05 Å². The third kappa shape index (κ3) is 3.66. The average Bonchev–Trinajstić information content (AvgIpc) is 2.29. The van der Waals surface area contributed by atoms with Crippen molar-refractivity contribution in [3.05, 3.63) is 46.3 Å². The van der Waals surface area contributed by atoms with Gasteiger partial charge in [-0.25, -0.2) is 0 Å². The van der Waals surface area contributed by atoms with Crippen LogP contribution in [-0.2, 0) is 0 Å². The molecule has 1 rings (SSSR count). The number of aryl methyl sites for hydroxylation is 2. The highest BCUT2D eigenvalue weighted by Crippen LogP contribution is 2.16. The second-order valence-electron chi connectivity index (χ2n) is 4.14. The van der Waals surface area contributed by atoms with E-state index >= 15 is 0 Å². The smallest absolute Gasteiger partial charge is 0.0375 e. The highest BCUT2D eigenvalue weighted by molar-refractivity contribution is 5.86. The first kappa shape index (κ1) is 13.4. The van der Waals surface area contributed by atoms with E-state index in [-0.39, 0.29) is 0 Å². The number of aliphatic imine (C=N–C) groups is 1. The van der Waals surface area contributed by atoms with E-state index in [1.807, 2.05) is 26.3 Å². The summed E-state index contributed by atoms with van der Waals surface area (Å²) < 4.78 is 0. The molecule has 17 heavy (non-hydrogen) atoms. The van der Waals surface area contributed by atoms with Crippen LogP contribution in [0.5, 0.6) is 0 Å². The highest BCUT2D eigenvalue weighted by Gasteiger charge is 2.00. The molecule has 2 heteroatoms. The van der Waals surface area contributed by atoms with Crippen LogP contribution in [0.25, 0.3) is 6.08 Å². The Morgan fingerprint density at radius 1 is 1.35 bits per heavy atom. The summed E-state index contributed by atoms with van der Waals surface area (Å²) in [6.07, 6.45) is 8.02. The number of aromatic nitrogens is 1. The van der Waals surface area contributed by atoms with Gasteiger partial charge in [0.15, 0.2) is 0 Å². The summed E-state index contributed by atoms with van der Waals surface area (Å²) in [7, 11) is 1.79. The van der Waals surface area contributed by atoms with Crippen LogP contribution in [0.2, 0.25) is 0 Å². The molecule has 0 aliphatic rings. The van der Waals surface area contributed by atoms with Crippen LogP contribution in [0.3, 0.4) is 0 Å². The Kier molecular flexibility index (Phi) is 4.83. The van der Waals surface area contributed by atoms with Gasteiger partial charge >= 0.3 is 0 Å². The first-order chi connectivity index (χ1) is 8.08. The Hall–Kier alpha value is -1.70. The van der Waals surface area contributed by atoms with Crippen LogP contribution >= 0.6 is 0 Å². The van der Waals surface area contributed by atoms with E-state index in [2.05, 4.69) is 42.0 Å². The summed E-state index contributed by atoms with van der Waals surface area (Å²) in [6.45, 7) is 8.23. The molecule has 0 saturated carbocycles. The van der Waals surface area contributed by atoms with E-state index in [1.165, 1.54) is 11.1 Å². The summed E-state index contributed by atoms with van der Waals surface area (Å²) in [5.41, 5.74) is 5.82. The molecule has 90 valence electrons. The maximum atomic E-state index is 4.33. The first-order valence-corrected chi connectivity index (χ1v) is 5.79. The molecule has 1 heterocycles. The number of rotatable bonds is 3. The van der Waals surface area contributed by atoms with E-state index < -0.39 is 0 Å². The van der Waals surface area contributed by atoms with Gasteiger partial charge in [0.25, 0.3) is 0 Å². The monoisotopic (exact) mass is 228 g/mol. The van der Waals surface area contributed by atoms with Crippen molar-refractivity contribution in [2.24, 2.45) is 4.99 Å². The summed E-state index contributed by atoms with van der Waals surface area (Å²) in [5, 5.41) is 0. The van der Waals surface area contributed by atoms with Gasteiger partial charge < -0.3 is 0 Å². The van der Waals surface area contributed by atoms with Crippen LogP contribution in [0, 0.1) is 13.8 Å². The topological polar surface area (TPSA) is 25.2 Å². The molecule has 0 atom stereocenters. The SMILES string of the molecule is C/C=C(C=NC)/C(C)=C/c1cnc(C)cc1C. The standard InChI is InChI=1S/C15H20N2/c1-6-14(9-16-5)12(3)8-15-10-17-13(4)7-11(15)2/h6-10H,1-5H3/b12-8+,14-6+,16-9?. The fraction of sp³-hybridized carbons (Fsp3) is 0.333. The second-order valence-corrected chi connectivity index (χ2v) is 4.14. The highest BCUT2D eigenvalue weighted by atomic mass is 14.7. The molecule has 2 nitrogen and oxygen atoms in total. The van der Waals surface area contributed by atoms with Crippen LogP contribution in [-0.4, -0.2) is 18.2 Å². The van der Waals surface area contributed by atoms with Crippen molar-refractivity contribution in [3.8, 4) is 0 Å². The summed E-state index contributed by atoms with van der Waals surface area (Å²) in [6, 6.07) is 2.10. The van der Waals surface area contributed by atoms with Gasteiger partial charge in [-0.15, -0.1) is 0 Å². The third-order valence-electron chi connectivity index (χ3n) is 2.69. The maximum Gasteiger partial charge on any atom is 0.0375 e. The van der Waals surface area contributed by atoms with Gasteiger partial charge in [-0.05, 0) is 62.1 Å². The van der Waals surface area contributed by atoms with Crippen LogP contribution in [0.1, 0.15) is 30.7 Å². The van der Waals surface area contributed by atoms with Gasteiger partial charge in [-0.2, -0.15) is 0 Å². The zero-order chi connectivity index (χ0) is 12.8. The molecule has 0 fully saturated rings. The lowest BCUT2D eigenvalue weighted by Gasteiger charge is -2.05. The molecular weight excluding hydrogens is 208 g/mol. The molecule has 0 aliphatic carbocycles. The van der Waals surface area contributed by atoms with E-state index in [1.54, 1.807) is 7.05 Å². The summed E-state index contributed by atoms with van der Waals surface area (Å²) in [4.78, 5) is 8.38. The van der Waals surface area contributed by atoms with Gasteiger partial charge in [0.1, 0.15) is 0 Å². The molecular formula is C15H20N2. The molecule has 0 aromatic carbocycles. The van der Waals surface area contributed by atoms with Gasteiger partial charge in [-0.3, -0.25) is 9.98 Å². The Bertz CT molecular complexity index is 480. The minimum absolute atomic E-state index is 1.05. The lowest BCUT2D eigenvalue weighted by molar-refractivity contribution is 1.17. The van der Waals surface area contributed by atoms with Crippen LogP contribution in [0.4, 0.5) is 0 Å². The molecule has 0 radical (unpaired) electrons. The van der Waals surface area contributed by atoms with Crippen LogP contribution < -0.4 is 0 Å². The average molecular weight is 228 g/mol. The summed E-state index contributed by atoms with van der Waals surface area (Å²) >= 11 is 0. The Morgan fingerprint density at radius 2 is 2.06 bits per heavy atom. The Labute approximate surface area is 104 Å². The molecule has 0 aliphatic heterocycles. The number of allylic oxidation sites excluding steroid dienone is 3. The first-order valence-electron chi connectivity index (χ1n) is 5.79. The molecule has 0 saturated heterocycles. The third-order valence-corrected chi connectivity index (χ3v) is 2.69. The number of hydrogen-bond acceptors (Lipinski definition) is 2. The van der Waals surface area contributed by atoms with Crippen molar-refractivity contribution in [3.63, 3.8) is 0 Å². The minimum atomic E-state index is 1.05. The second kappa shape index (κ2) is 6.14. The lowest BCUT2D eigenvalue weighted by Crippen LogP contribution is -1.91. The zero-order valence-corrected chi connectivity index (χ0v) is 11.3. The van der Waals surface area contributed by atoms with Gasteiger partial charge in [-0.1, -0.05) is 6.08 Å². The Morgan fingerprint density at radius 3 is 2.59 bits per heavy atom. The van der Waals surface area contributed by atoms with Gasteiger partial charge in [0.2, 0.25) is 0 Å². The molecule has 0 bridgehead atoms. The van der Waals surface area contributed by atoms with Crippen molar-refractivity contribution >= 4 is 12.3 Å². The quantitative estimate of drug-likeness (QED) is 0.571. The Balaban J connectivity index is 3.10. The normalized spacial score (nSPS) is 13.5. The number of nitrogens with zero attached hydrogens (tertiary/aromatic N) is 2. The maximum absolute atomic E-state index is 4.33. The van der Waals surface area contributed by atoms with E-state index in [0.717, 1.165) is 16.8 Å². The van der Waals surface area contributed by atoms with Crippen LogP contribution in [0.15, 0.2) is 34.5 Å². The molecule has 0 N–H and O–H groups in total. The zero-order valence-electron chi connectivity index (χ0n) is 11.3. The fourth-order valence-electron chi connectivity index (χ4n) is 1.72. The van der Waals surface area contributed by atoms with E-state index in [9.17, 15) is 0 Å². The lowest BCUT2D eigenvalue weighted by atomic mass is 10.0. The molecule has 1 aromatic rings. The number of hydrogen-bond donors (Lipinski definition) is 0. The van der Waals surface area contributed by atoms with Crippen molar-refractivity contribution in [1.82, 2.24) is 4.98 Å². The number of pyridine rings is 1. The van der Waals surface area contributed by atoms with Gasteiger partial charge in [0, 0.05) is 25.2 Å². The molecule has 0 amide bonds. The molecule has 0 unspecified atom stereocenters. The fourth-order valence-corrected chi connectivity index (χ4v) is 1.72. The van der Waals surface area contributed by atoms with Crippen molar-refractivity contribution in [2.45, 2.75) is 27.7 Å². The van der Waals surface area contributed by atoms with Crippen molar-refractivity contribution in [1.29, 1.82) is 0 Å². The summed E-state index contributed by atoms with van der Waals surface area (Å²) in [5.74, 6) is 0. The largest absolute Gasteiger partial charge is 0.296 e. The molecule has 0 spiro atoms. The molecule has 1 aromatic heterocycles. The van der Waals surface area contributed by atoms with Gasteiger partial charge in [0.05, 0.1) is 0 Å². The predicted octanol–water partition coefficient (Wildman–Crippen LogP) is 3.75. The predicted molar refractivity (Wildman–Crippen MR) is 75.5 cm³/mol. The van der Waals surface area contributed by atoms with Crippen molar-refractivity contribution < 1.29 is 0 Å². The van der Waals surface area contributed by atoms with E-state index in [4.69, 9.17) is 0 Å².